The van der Waals surface area contributed by atoms with Crippen molar-refractivity contribution in [3.05, 3.63) is 47.4 Å². The lowest BCUT2D eigenvalue weighted by atomic mass is 10.1. The molecular formula is C13H12F3N3O. The van der Waals surface area contributed by atoms with Crippen molar-refractivity contribution in [2.45, 2.75) is 19.6 Å². The third-order valence-corrected chi connectivity index (χ3v) is 2.55. The Labute approximate surface area is 113 Å². The molecule has 106 valence electrons. The Hall–Kier alpha value is -2.15. The number of rotatable bonds is 3. The smallest absolute Gasteiger partial charge is 0.419 e. The summed E-state index contributed by atoms with van der Waals surface area (Å²) in [6, 6.07) is 5.09. The van der Waals surface area contributed by atoms with Gasteiger partial charge in [0.15, 0.2) is 0 Å². The molecule has 0 spiro atoms. The zero-order valence-electron chi connectivity index (χ0n) is 10.6. The molecule has 7 heteroatoms. The van der Waals surface area contributed by atoms with Crippen LogP contribution in [0.15, 0.2) is 30.5 Å². The van der Waals surface area contributed by atoms with Crippen LogP contribution in [0.5, 0.6) is 11.6 Å². The molecule has 0 fully saturated rings. The summed E-state index contributed by atoms with van der Waals surface area (Å²) in [6.45, 7) is 1.64. The van der Waals surface area contributed by atoms with Gasteiger partial charge in [-0.3, -0.25) is 0 Å². The van der Waals surface area contributed by atoms with Crippen LogP contribution in [0.4, 0.5) is 13.2 Å². The molecule has 2 rings (SSSR count). The minimum atomic E-state index is -4.53. The largest absolute Gasteiger partial charge is 0.438 e. The minimum absolute atomic E-state index is 0.0238. The van der Waals surface area contributed by atoms with E-state index >= 15 is 0 Å². The Morgan fingerprint density at radius 2 is 2.00 bits per heavy atom. The van der Waals surface area contributed by atoms with Crippen LogP contribution in [0.2, 0.25) is 0 Å². The zero-order valence-corrected chi connectivity index (χ0v) is 10.6. The summed E-state index contributed by atoms with van der Waals surface area (Å²) in [5.41, 5.74) is 4.86. The number of halogens is 3. The molecule has 0 saturated carbocycles. The monoisotopic (exact) mass is 283 g/mol. The fourth-order valence-corrected chi connectivity index (χ4v) is 1.62. The number of benzene rings is 1. The number of hydrogen-bond donors (Lipinski definition) is 1. The minimum Gasteiger partial charge on any atom is -0.438 e. The van der Waals surface area contributed by atoms with Crippen LogP contribution in [0.3, 0.4) is 0 Å². The standard InChI is InChI=1S/C13H12F3N3O/c1-8-18-5-4-12(19-8)20-11-3-2-9(7-17)6-10(11)13(14,15)16/h2-6H,7,17H2,1H3. The second-order valence-electron chi connectivity index (χ2n) is 4.08. The van der Waals surface area contributed by atoms with Gasteiger partial charge >= 0.3 is 6.18 Å². The van der Waals surface area contributed by atoms with Crippen LogP contribution in [-0.2, 0) is 12.7 Å². The van der Waals surface area contributed by atoms with Gasteiger partial charge in [-0.05, 0) is 24.6 Å². The van der Waals surface area contributed by atoms with Gasteiger partial charge in [-0.15, -0.1) is 0 Å². The molecule has 0 aliphatic carbocycles. The third-order valence-electron chi connectivity index (χ3n) is 2.55. The van der Waals surface area contributed by atoms with E-state index in [2.05, 4.69) is 9.97 Å². The SMILES string of the molecule is Cc1nccc(Oc2ccc(CN)cc2C(F)(F)F)n1. The Balaban J connectivity index is 2.41. The van der Waals surface area contributed by atoms with E-state index in [9.17, 15) is 13.2 Å². The van der Waals surface area contributed by atoms with Crippen molar-refractivity contribution in [2.75, 3.05) is 0 Å². The molecule has 2 aromatic rings. The van der Waals surface area contributed by atoms with Gasteiger partial charge in [-0.2, -0.15) is 18.2 Å². The molecule has 0 unspecified atom stereocenters. The van der Waals surface area contributed by atoms with E-state index in [1.54, 1.807) is 6.92 Å². The Kier molecular flexibility index (Phi) is 3.89. The molecule has 0 bridgehead atoms. The highest BCUT2D eigenvalue weighted by atomic mass is 19.4. The molecule has 0 saturated heterocycles. The van der Waals surface area contributed by atoms with Crippen molar-refractivity contribution in [2.24, 2.45) is 5.73 Å². The number of nitrogens with zero attached hydrogens (tertiary/aromatic N) is 2. The molecule has 2 N–H and O–H groups in total. The van der Waals surface area contributed by atoms with E-state index in [1.165, 1.54) is 24.4 Å². The number of hydrogen-bond acceptors (Lipinski definition) is 4. The van der Waals surface area contributed by atoms with Crippen LogP contribution in [0, 0.1) is 6.92 Å². The van der Waals surface area contributed by atoms with Crippen molar-refractivity contribution < 1.29 is 17.9 Å². The normalized spacial score (nSPS) is 11.4. The lowest BCUT2D eigenvalue weighted by Gasteiger charge is -2.14. The maximum Gasteiger partial charge on any atom is 0.419 e. The van der Waals surface area contributed by atoms with Gasteiger partial charge in [-0.25, -0.2) is 4.98 Å². The average Bonchev–Trinajstić information content (AvgIpc) is 2.38. The summed E-state index contributed by atoms with van der Waals surface area (Å²) in [5.74, 6) is 0.158. The van der Waals surface area contributed by atoms with Crippen molar-refractivity contribution in [3.8, 4) is 11.6 Å². The summed E-state index contributed by atoms with van der Waals surface area (Å²) in [7, 11) is 0. The second kappa shape index (κ2) is 5.46. The Bertz CT molecular complexity index is 614. The number of ether oxygens (including phenoxy) is 1. The summed E-state index contributed by atoms with van der Waals surface area (Å²) >= 11 is 0. The predicted octanol–water partition coefficient (Wildman–Crippen LogP) is 3.05. The summed E-state index contributed by atoms with van der Waals surface area (Å²) in [6.07, 6.45) is -3.11. The zero-order chi connectivity index (χ0) is 14.8. The maximum absolute atomic E-state index is 13.0. The molecule has 1 heterocycles. The first kappa shape index (κ1) is 14.3. The van der Waals surface area contributed by atoms with Crippen LogP contribution >= 0.6 is 0 Å². The first-order valence-corrected chi connectivity index (χ1v) is 5.78. The van der Waals surface area contributed by atoms with E-state index in [0.717, 1.165) is 6.07 Å². The maximum atomic E-state index is 13.0. The highest BCUT2D eigenvalue weighted by molar-refractivity contribution is 5.41. The van der Waals surface area contributed by atoms with Gasteiger partial charge in [0.2, 0.25) is 5.88 Å². The first-order valence-electron chi connectivity index (χ1n) is 5.78. The van der Waals surface area contributed by atoms with Gasteiger partial charge in [0.25, 0.3) is 0 Å². The van der Waals surface area contributed by atoms with E-state index in [0.29, 0.717) is 11.4 Å². The van der Waals surface area contributed by atoms with Crippen molar-refractivity contribution in [3.63, 3.8) is 0 Å². The molecule has 0 aliphatic rings. The third kappa shape index (κ3) is 3.24. The molecule has 20 heavy (non-hydrogen) atoms. The summed E-state index contributed by atoms with van der Waals surface area (Å²) in [4.78, 5) is 7.76. The van der Waals surface area contributed by atoms with Crippen molar-refractivity contribution >= 4 is 0 Å². The van der Waals surface area contributed by atoms with Gasteiger partial charge in [-0.1, -0.05) is 6.07 Å². The highest BCUT2D eigenvalue weighted by Crippen LogP contribution is 2.38. The average molecular weight is 283 g/mol. The Morgan fingerprint density at radius 1 is 1.25 bits per heavy atom. The Morgan fingerprint density at radius 3 is 2.60 bits per heavy atom. The van der Waals surface area contributed by atoms with Crippen LogP contribution in [-0.4, -0.2) is 9.97 Å². The fourth-order valence-electron chi connectivity index (χ4n) is 1.62. The molecule has 1 aromatic carbocycles. The number of aryl methyl sites for hydroxylation is 1. The van der Waals surface area contributed by atoms with Gasteiger partial charge in [0, 0.05) is 18.8 Å². The van der Waals surface area contributed by atoms with Crippen LogP contribution < -0.4 is 10.5 Å². The number of nitrogens with two attached hydrogens (primary N) is 1. The lowest BCUT2D eigenvalue weighted by Crippen LogP contribution is -2.09. The van der Waals surface area contributed by atoms with Crippen molar-refractivity contribution in [1.82, 2.24) is 9.97 Å². The number of aromatic nitrogens is 2. The first-order chi connectivity index (χ1) is 9.40. The predicted molar refractivity (Wildman–Crippen MR) is 66.2 cm³/mol. The van der Waals surface area contributed by atoms with E-state index < -0.39 is 11.7 Å². The van der Waals surface area contributed by atoms with Crippen molar-refractivity contribution in [1.29, 1.82) is 0 Å². The van der Waals surface area contributed by atoms with Crippen LogP contribution in [0.25, 0.3) is 0 Å². The molecule has 0 amide bonds. The molecule has 4 nitrogen and oxygen atoms in total. The van der Waals surface area contributed by atoms with Crippen LogP contribution in [0.1, 0.15) is 17.0 Å². The van der Waals surface area contributed by atoms with Gasteiger partial charge < -0.3 is 10.5 Å². The van der Waals surface area contributed by atoms with E-state index in [4.69, 9.17) is 10.5 Å². The highest BCUT2D eigenvalue weighted by Gasteiger charge is 2.34. The second-order valence-corrected chi connectivity index (χ2v) is 4.08. The van der Waals surface area contributed by atoms with E-state index in [-0.39, 0.29) is 18.2 Å². The molecule has 0 atom stereocenters. The molecular weight excluding hydrogens is 271 g/mol. The molecule has 0 radical (unpaired) electrons. The quantitative estimate of drug-likeness (QED) is 0.940. The number of alkyl halides is 3. The fraction of sp³-hybridized carbons (Fsp3) is 0.231. The van der Waals surface area contributed by atoms with E-state index in [1.807, 2.05) is 0 Å². The topological polar surface area (TPSA) is 61.0 Å². The van der Waals surface area contributed by atoms with Gasteiger partial charge in [0.05, 0.1) is 5.56 Å². The lowest BCUT2D eigenvalue weighted by molar-refractivity contribution is -0.138. The summed E-state index contributed by atoms with van der Waals surface area (Å²) < 4.78 is 44.2. The summed E-state index contributed by atoms with van der Waals surface area (Å²) in [5, 5.41) is 0. The van der Waals surface area contributed by atoms with Gasteiger partial charge in [0.1, 0.15) is 11.6 Å². The molecule has 0 aliphatic heterocycles. The molecule has 1 aromatic heterocycles.